The van der Waals surface area contributed by atoms with Gasteiger partial charge in [-0.05, 0) is 43.9 Å². The van der Waals surface area contributed by atoms with Gasteiger partial charge in [-0.25, -0.2) is 0 Å². The van der Waals surface area contributed by atoms with Crippen molar-refractivity contribution >= 4 is 16.1 Å². The van der Waals surface area contributed by atoms with E-state index in [1.807, 2.05) is 0 Å². The molecule has 6 nitrogen and oxygen atoms in total. The smallest absolute Gasteiger partial charge is 0.432 e. The molecule has 4 bridgehead atoms. The van der Waals surface area contributed by atoms with Crippen LogP contribution in [-0.4, -0.2) is 49.2 Å². The molecule has 1 N–H and O–H groups in total. The molecule has 4 rings (SSSR count). The summed E-state index contributed by atoms with van der Waals surface area (Å²) in [5.74, 6) is -1.61. The number of carbonyl (C=O) groups excluding carboxylic acids is 1. The van der Waals surface area contributed by atoms with Crippen molar-refractivity contribution in [1.82, 2.24) is 0 Å². The van der Waals surface area contributed by atoms with Crippen LogP contribution in [-0.2, 0) is 24.4 Å². The first kappa shape index (κ1) is 19.7. The van der Waals surface area contributed by atoms with Gasteiger partial charge >= 0.3 is 27.5 Å². The van der Waals surface area contributed by atoms with Crippen LogP contribution >= 0.6 is 0 Å². The summed E-state index contributed by atoms with van der Waals surface area (Å²) in [6.07, 6.45) is -8.81. The topological polar surface area (TPSA) is 89.9 Å². The van der Waals surface area contributed by atoms with Crippen LogP contribution in [0.5, 0.6) is 0 Å². The highest BCUT2D eigenvalue weighted by atomic mass is 32.2. The van der Waals surface area contributed by atoms with Crippen LogP contribution in [0, 0.1) is 17.3 Å². The number of rotatable bonds is 4. The Morgan fingerprint density at radius 3 is 2.31 bits per heavy atom. The molecular weight excluding hydrogens is 391 g/mol. The van der Waals surface area contributed by atoms with E-state index in [0.717, 1.165) is 6.42 Å². The Hall–Kier alpha value is -1.01. The second-order valence-corrected chi connectivity index (χ2v) is 8.91. The van der Waals surface area contributed by atoms with Gasteiger partial charge in [-0.3, -0.25) is 9.35 Å². The highest BCUT2D eigenvalue weighted by Gasteiger charge is 2.67. The minimum Gasteiger partial charge on any atom is -0.444 e. The van der Waals surface area contributed by atoms with Gasteiger partial charge in [0.2, 0.25) is 0 Å². The minimum absolute atomic E-state index is 0.00831. The second kappa shape index (κ2) is 5.99. The Morgan fingerprint density at radius 1 is 1.12 bits per heavy atom. The van der Waals surface area contributed by atoms with Crippen LogP contribution in [0.4, 0.5) is 22.0 Å². The SMILES string of the molecule is O=C(OC(C(F)(F)F)C(F)(F)S(=O)(=O)O)C12CC3COC(CC(C3)C1)C2. The highest BCUT2D eigenvalue weighted by molar-refractivity contribution is 7.86. The zero-order valence-electron chi connectivity index (χ0n) is 13.3. The predicted molar refractivity (Wildman–Crippen MR) is 74.7 cm³/mol. The molecule has 12 heteroatoms. The standard InChI is InChI=1S/C14H17F5O6S/c15-13(16,17)10(14(18,19)26(21,22)23)25-11(20)12-3-7-1-8(4-12)6-24-9(2-7)5-12/h7-10H,1-6H2,(H,21,22,23). The fraction of sp³-hybridized carbons (Fsp3) is 0.929. The van der Waals surface area contributed by atoms with E-state index in [-0.39, 0.29) is 37.2 Å². The average Bonchev–Trinajstić information content (AvgIpc) is 2.68. The van der Waals surface area contributed by atoms with Crippen LogP contribution < -0.4 is 0 Å². The second-order valence-electron chi connectivity index (χ2n) is 7.42. The van der Waals surface area contributed by atoms with Crippen molar-refractivity contribution in [1.29, 1.82) is 0 Å². The summed E-state index contributed by atoms with van der Waals surface area (Å²) in [5, 5.41) is -5.71. The molecule has 2 saturated heterocycles. The summed E-state index contributed by atoms with van der Waals surface area (Å²) in [4.78, 5) is 12.5. The number of fused-ring (bicyclic) bond motifs is 1. The molecule has 0 aromatic rings. The molecule has 0 spiro atoms. The van der Waals surface area contributed by atoms with E-state index in [9.17, 15) is 35.2 Å². The van der Waals surface area contributed by atoms with Gasteiger partial charge in [0.15, 0.2) is 0 Å². The molecule has 2 saturated carbocycles. The lowest BCUT2D eigenvalue weighted by Gasteiger charge is -2.45. The van der Waals surface area contributed by atoms with Gasteiger partial charge in [0.05, 0.1) is 11.5 Å². The fourth-order valence-corrected chi connectivity index (χ4v) is 4.99. The maximum absolute atomic E-state index is 13.6. The van der Waals surface area contributed by atoms with Gasteiger partial charge in [0, 0.05) is 6.61 Å². The molecule has 4 fully saturated rings. The molecule has 2 aliphatic carbocycles. The molecule has 2 aliphatic heterocycles. The molecule has 150 valence electrons. The largest absolute Gasteiger partial charge is 0.444 e. The van der Waals surface area contributed by atoms with Crippen molar-refractivity contribution in [3.05, 3.63) is 0 Å². The predicted octanol–water partition coefficient (Wildman–Crippen LogP) is 2.54. The number of esters is 1. The first-order valence-electron chi connectivity index (χ1n) is 7.99. The van der Waals surface area contributed by atoms with E-state index >= 15 is 0 Å². The lowest BCUT2D eigenvalue weighted by molar-refractivity contribution is -0.264. The zero-order chi connectivity index (χ0) is 19.5. The summed E-state index contributed by atoms with van der Waals surface area (Å²) >= 11 is 0. The van der Waals surface area contributed by atoms with E-state index in [0.29, 0.717) is 13.0 Å². The quantitative estimate of drug-likeness (QED) is 0.437. The molecule has 4 aliphatic rings. The molecule has 26 heavy (non-hydrogen) atoms. The highest BCUT2D eigenvalue weighted by Crippen LogP contribution is 2.55. The third-order valence-electron chi connectivity index (χ3n) is 5.41. The Kier molecular flexibility index (Phi) is 4.55. The molecule has 5 atom stereocenters. The van der Waals surface area contributed by atoms with Gasteiger partial charge in [0.25, 0.3) is 6.10 Å². The first-order chi connectivity index (χ1) is 11.7. The van der Waals surface area contributed by atoms with Crippen LogP contribution in [0.1, 0.15) is 32.1 Å². The van der Waals surface area contributed by atoms with E-state index in [1.165, 1.54) is 0 Å². The van der Waals surface area contributed by atoms with Gasteiger partial charge < -0.3 is 9.47 Å². The number of carbonyl (C=O) groups is 1. The number of alkyl halides is 5. The molecule has 0 aromatic carbocycles. The number of hydrogen-bond acceptors (Lipinski definition) is 5. The number of ether oxygens (including phenoxy) is 2. The van der Waals surface area contributed by atoms with Crippen molar-refractivity contribution in [2.45, 2.75) is 55.7 Å². The Bertz CT molecular complexity index is 674. The molecule has 5 unspecified atom stereocenters. The molecule has 0 amide bonds. The lowest BCUT2D eigenvalue weighted by atomic mass is 9.59. The lowest BCUT2D eigenvalue weighted by Crippen LogP contribution is -2.55. The van der Waals surface area contributed by atoms with Crippen LogP contribution in [0.2, 0.25) is 0 Å². The summed E-state index contributed by atoms with van der Waals surface area (Å²) in [5.41, 5.74) is -1.41. The average molecular weight is 408 g/mol. The summed E-state index contributed by atoms with van der Waals surface area (Å²) < 4.78 is 106. The number of halogens is 5. The maximum Gasteiger partial charge on any atom is 0.432 e. The van der Waals surface area contributed by atoms with Gasteiger partial charge in [-0.1, -0.05) is 0 Å². The van der Waals surface area contributed by atoms with Crippen molar-refractivity contribution in [2.75, 3.05) is 6.61 Å². The molecule has 0 radical (unpaired) electrons. The van der Waals surface area contributed by atoms with Gasteiger partial charge in [0.1, 0.15) is 0 Å². The van der Waals surface area contributed by atoms with E-state index in [2.05, 4.69) is 4.74 Å². The van der Waals surface area contributed by atoms with Crippen molar-refractivity contribution in [3.8, 4) is 0 Å². The monoisotopic (exact) mass is 408 g/mol. The van der Waals surface area contributed by atoms with Crippen LogP contribution in [0.15, 0.2) is 0 Å². The van der Waals surface area contributed by atoms with Crippen molar-refractivity contribution < 1.29 is 49.2 Å². The third kappa shape index (κ3) is 3.31. The zero-order valence-corrected chi connectivity index (χ0v) is 14.2. The van der Waals surface area contributed by atoms with E-state index in [1.54, 1.807) is 0 Å². The normalized spacial score (nSPS) is 35.8. The molecular formula is C14H17F5O6S. The number of hydrogen-bond donors (Lipinski definition) is 1. The Morgan fingerprint density at radius 2 is 1.73 bits per heavy atom. The van der Waals surface area contributed by atoms with Crippen molar-refractivity contribution in [3.63, 3.8) is 0 Å². The Balaban J connectivity index is 1.89. The van der Waals surface area contributed by atoms with Crippen LogP contribution in [0.25, 0.3) is 0 Å². The Labute approximate surface area is 145 Å². The van der Waals surface area contributed by atoms with Crippen molar-refractivity contribution in [2.24, 2.45) is 17.3 Å². The fourth-order valence-electron chi connectivity index (χ4n) is 4.53. The van der Waals surface area contributed by atoms with Gasteiger partial charge in [-0.2, -0.15) is 30.4 Å². The van der Waals surface area contributed by atoms with Crippen LogP contribution in [0.3, 0.4) is 0 Å². The van der Waals surface area contributed by atoms with E-state index in [4.69, 9.17) is 9.29 Å². The summed E-state index contributed by atoms with van der Waals surface area (Å²) in [6.45, 7) is 0.333. The van der Waals surface area contributed by atoms with Gasteiger partial charge in [-0.15, -0.1) is 0 Å². The van der Waals surface area contributed by atoms with E-state index < -0.39 is 39.0 Å². The minimum atomic E-state index is -6.45. The first-order valence-corrected chi connectivity index (χ1v) is 9.43. The summed E-state index contributed by atoms with van der Waals surface area (Å²) in [6, 6.07) is 0. The summed E-state index contributed by atoms with van der Waals surface area (Å²) in [7, 11) is -6.45. The third-order valence-corrected chi connectivity index (χ3v) is 6.31. The molecule has 0 aromatic heterocycles. The molecule has 2 heterocycles. The maximum atomic E-state index is 13.6.